The van der Waals surface area contributed by atoms with Crippen molar-refractivity contribution >= 4 is 5.65 Å². The summed E-state index contributed by atoms with van der Waals surface area (Å²) in [5, 5.41) is 9.76. The Labute approximate surface area is 113 Å². The van der Waals surface area contributed by atoms with Gasteiger partial charge in [0.1, 0.15) is 5.65 Å². The molecule has 0 bridgehead atoms. The van der Waals surface area contributed by atoms with Crippen molar-refractivity contribution in [2.24, 2.45) is 5.92 Å². The largest absolute Gasteiger partial charge is 0.393 e. The third-order valence-corrected chi connectivity index (χ3v) is 3.98. The summed E-state index contributed by atoms with van der Waals surface area (Å²) in [5.41, 5.74) is 3.35. The van der Waals surface area contributed by atoms with Crippen molar-refractivity contribution in [3.05, 3.63) is 35.8 Å². The first-order chi connectivity index (χ1) is 9.11. The molecule has 0 saturated carbocycles. The third-order valence-electron chi connectivity index (χ3n) is 3.98. The lowest BCUT2D eigenvalue weighted by atomic mass is 9.97. The van der Waals surface area contributed by atoms with Gasteiger partial charge in [0.2, 0.25) is 0 Å². The maximum absolute atomic E-state index is 9.76. The van der Waals surface area contributed by atoms with E-state index in [1.807, 2.05) is 0 Å². The first kappa shape index (κ1) is 12.6. The van der Waals surface area contributed by atoms with Gasteiger partial charge >= 0.3 is 0 Å². The maximum Gasteiger partial charge on any atom is 0.137 e. The summed E-state index contributed by atoms with van der Waals surface area (Å²) in [6.45, 7) is 6.99. The summed E-state index contributed by atoms with van der Waals surface area (Å²) in [7, 11) is 0. The van der Waals surface area contributed by atoms with Gasteiger partial charge < -0.3 is 9.51 Å². The molecule has 4 heteroatoms. The molecule has 0 aliphatic carbocycles. The highest BCUT2D eigenvalue weighted by Gasteiger charge is 2.24. The molecule has 19 heavy (non-hydrogen) atoms. The van der Waals surface area contributed by atoms with Crippen LogP contribution in [0.15, 0.2) is 24.5 Å². The van der Waals surface area contributed by atoms with Crippen molar-refractivity contribution in [2.75, 3.05) is 13.1 Å². The van der Waals surface area contributed by atoms with Crippen LogP contribution < -0.4 is 0 Å². The maximum atomic E-state index is 9.76. The molecular weight excluding hydrogens is 238 g/mol. The summed E-state index contributed by atoms with van der Waals surface area (Å²) < 4.78 is 2.09. The number of piperidine rings is 1. The van der Waals surface area contributed by atoms with Crippen LogP contribution in [0.25, 0.3) is 5.65 Å². The van der Waals surface area contributed by atoms with Crippen LogP contribution in [-0.2, 0) is 6.54 Å². The van der Waals surface area contributed by atoms with E-state index in [2.05, 4.69) is 52.7 Å². The van der Waals surface area contributed by atoms with Gasteiger partial charge in [-0.2, -0.15) is 0 Å². The molecule has 3 rings (SSSR count). The standard InChI is InChI=1S/C15H21N3O/c1-11-3-4-15-16-13(10-18(15)7-11)9-17-6-5-14(19)12(2)8-17/h3-4,7,10,12,14,19H,5-6,8-9H2,1-2H3. The van der Waals surface area contributed by atoms with Crippen LogP contribution in [0.3, 0.4) is 0 Å². The second kappa shape index (κ2) is 4.94. The van der Waals surface area contributed by atoms with Crippen LogP contribution in [0.1, 0.15) is 24.6 Å². The van der Waals surface area contributed by atoms with Crippen molar-refractivity contribution in [1.29, 1.82) is 0 Å². The lowest BCUT2D eigenvalue weighted by Crippen LogP contribution is -2.41. The Morgan fingerprint density at radius 1 is 1.37 bits per heavy atom. The molecule has 1 aliphatic heterocycles. The van der Waals surface area contributed by atoms with Gasteiger partial charge in [0.15, 0.2) is 0 Å². The number of aromatic nitrogens is 2. The van der Waals surface area contributed by atoms with Gasteiger partial charge in [-0.05, 0) is 30.9 Å². The van der Waals surface area contributed by atoms with Crippen molar-refractivity contribution in [3.8, 4) is 0 Å². The molecule has 2 aromatic heterocycles. The molecule has 0 radical (unpaired) electrons. The van der Waals surface area contributed by atoms with Gasteiger partial charge in [-0.3, -0.25) is 4.90 Å². The number of hydrogen-bond acceptors (Lipinski definition) is 3. The summed E-state index contributed by atoms with van der Waals surface area (Å²) in [6, 6.07) is 4.15. The van der Waals surface area contributed by atoms with Crippen molar-refractivity contribution < 1.29 is 5.11 Å². The van der Waals surface area contributed by atoms with Gasteiger partial charge in [0.25, 0.3) is 0 Å². The first-order valence-corrected chi connectivity index (χ1v) is 6.96. The second-order valence-electron chi connectivity index (χ2n) is 5.77. The SMILES string of the molecule is Cc1ccc2nc(CN3CCC(O)C(C)C3)cn2c1. The van der Waals surface area contributed by atoms with Gasteiger partial charge in [0, 0.05) is 32.0 Å². The molecule has 1 saturated heterocycles. The molecule has 4 nitrogen and oxygen atoms in total. The molecule has 0 amide bonds. The highest BCUT2D eigenvalue weighted by Crippen LogP contribution is 2.18. The predicted octanol–water partition coefficient (Wildman–Crippen LogP) is 1.85. The first-order valence-electron chi connectivity index (χ1n) is 6.96. The monoisotopic (exact) mass is 259 g/mol. The Morgan fingerprint density at radius 3 is 3.00 bits per heavy atom. The zero-order chi connectivity index (χ0) is 13.4. The lowest BCUT2D eigenvalue weighted by molar-refractivity contribution is 0.0316. The Balaban J connectivity index is 1.74. The van der Waals surface area contributed by atoms with Crippen LogP contribution in [0.4, 0.5) is 0 Å². The minimum absolute atomic E-state index is 0.139. The summed E-state index contributed by atoms with van der Waals surface area (Å²) in [5.74, 6) is 0.355. The molecule has 0 aromatic carbocycles. The Morgan fingerprint density at radius 2 is 2.21 bits per heavy atom. The van der Waals surface area contributed by atoms with Crippen LogP contribution in [0.2, 0.25) is 0 Å². The van der Waals surface area contributed by atoms with Gasteiger partial charge in [-0.25, -0.2) is 4.98 Å². The molecule has 2 aromatic rings. The van der Waals surface area contributed by atoms with E-state index in [1.165, 1.54) is 5.56 Å². The highest BCUT2D eigenvalue weighted by molar-refractivity contribution is 5.41. The van der Waals surface area contributed by atoms with E-state index in [9.17, 15) is 5.11 Å². The number of rotatable bonds is 2. The van der Waals surface area contributed by atoms with Gasteiger partial charge in [0.05, 0.1) is 11.8 Å². The van der Waals surface area contributed by atoms with E-state index < -0.39 is 0 Å². The molecule has 1 fully saturated rings. The number of fused-ring (bicyclic) bond motifs is 1. The Bertz CT molecular complexity index is 578. The number of hydrogen-bond donors (Lipinski definition) is 1. The second-order valence-corrected chi connectivity index (χ2v) is 5.77. The van der Waals surface area contributed by atoms with E-state index >= 15 is 0 Å². The molecule has 2 atom stereocenters. The van der Waals surface area contributed by atoms with E-state index in [0.717, 1.165) is 37.4 Å². The number of aliphatic hydroxyl groups is 1. The number of aliphatic hydroxyl groups excluding tert-OH is 1. The minimum atomic E-state index is -0.139. The fourth-order valence-corrected chi connectivity index (χ4v) is 2.82. The molecule has 1 aliphatic rings. The number of imidazole rings is 1. The normalized spacial score (nSPS) is 25.0. The fraction of sp³-hybridized carbons (Fsp3) is 0.533. The van der Waals surface area contributed by atoms with E-state index in [4.69, 9.17) is 0 Å². The minimum Gasteiger partial charge on any atom is -0.393 e. The summed E-state index contributed by atoms with van der Waals surface area (Å²) >= 11 is 0. The molecule has 3 heterocycles. The molecular formula is C15H21N3O. The molecule has 102 valence electrons. The van der Waals surface area contributed by atoms with Crippen LogP contribution in [-0.4, -0.2) is 38.6 Å². The zero-order valence-electron chi connectivity index (χ0n) is 11.6. The van der Waals surface area contributed by atoms with Crippen molar-refractivity contribution in [3.63, 3.8) is 0 Å². The molecule has 2 unspecified atom stereocenters. The summed E-state index contributed by atoms with van der Waals surface area (Å²) in [6.07, 6.45) is 4.94. The van der Waals surface area contributed by atoms with Crippen LogP contribution in [0, 0.1) is 12.8 Å². The number of pyridine rings is 1. The number of nitrogens with zero attached hydrogens (tertiary/aromatic N) is 3. The Hall–Kier alpha value is -1.39. The average Bonchev–Trinajstić information content (AvgIpc) is 2.75. The highest BCUT2D eigenvalue weighted by atomic mass is 16.3. The molecule has 1 N–H and O–H groups in total. The topological polar surface area (TPSA) is 40.8 Å². The van der Waals surface area contributed by atoms with Crippen molar-refractivity contribution in [2.45, 2.75) is 32.9 Å². The average molecular weight is 259 g/mol. The van der Waals surface area contributed by atoms with Gasteiger partial charge in [-0.1, -0.05) is 13.0 Å². The van der Waals surface area contributed by atoms with Gasteiger partial charge in [-0.15, -0.1) is 0 Å². The zero-order valence-corrected chi connectivity index (χ0v) is 11.6. The number of likely N-dealkylation sites (tertiary alicyclic amines) is 1. The summed E-state index contributed by atoms with van der Waals surface area (Å²) in [4.78, 5) is 7.03. The number of aryl methyl sites for hydroxylation is 1. The quantitative estimate of drug-likeness (QED) is 0.894. The van der Waals surface area contributed by atoms with E-state index in [-0.39, 0.29) is 6.10 Å². The smallest absolute Gasteiger partial charge is 0.137 e. The predicted molar refractivity (Wildman–Crippen MR) is 75.0 cm³/mol. The Kier molecular flexibility index (Phi) is 3.29. The van der Waals surface area contributed by atoms with E-state index in [1.54, 1.807) is 0 Å². The third kappa shape index (κ3) is 2.65. The lowest BCUT2D eigenvalue weighted by Gasteiger charge is -2.33. The van der Waals surface area contributed by atoms with Crippen LogP contribution in [0.5, 0.6) is 0 Å². The fourth-order valence-electron chi connectivity index (χ4n) is 2.82. The van der Waals surface area contributed by atoms with Crippen LogP contribution >= 0.6 is 0 Å². The van der Waals surface area contributed by atoms with E-state index in [0.29, 0.717) is 5.92 Å². The van der Waals surface area contributed by atoms with Crippen molar-refractivity contribution in [1.82, 2.24) is 14.3 Å². The molecule has 0 spiro atoms.